The third kappa shape index (κ3) is 2.58. The summed E-state index contributed by atoms with van der Waals surface area (Å²) in [5.41, 5.74) is 2.02. The van der Waals surface area contributed by atoms with Crippen molar-refractivity contribution in [1.82, 2.24) is 4.57 Å². The van der Waals surface area contributed by atoms with Gasteiger partial charge in [0.15, 0.2) is 0 Å². The van der Waals surface area contributed by atoms with E-state index < -0.39 is 0 Å². The number of nitrogens with zero attached hydrogens (tertiary/aromatic N) is 1. The van der Waals surface area contributed by atoms with Crippen molar-refractivity contribution in [2.24, 2.45) is 13.0 Å². The molecular weight excluding hydrogens is 248 g/mol. The maximum atomic E-state index is 12.0. The molecule has 3 rings (SSSR count). The lowest BCUT2D eigenvalue weighted by molar-refractivity contribution is 0.373. The minimum atomic E-state index is 0.0508. The molecule has 1 aliphatic rings. The molecule has 1 aromatic heterocycles. The molecule has 0 unspecified atom stereocenters. The first kappa shape index (κ1) is 13.2. The SMILES string of the molecule is Cn1c(=O)cc(NCC2CCCCC2)c2ccccc21. The van der Waals surface area contributed by atoms with Gasteiger partial charge in [-0.1, -0.05) is 37.5 Å². The first-order chi connectivity index (χ1) is 9.75. The van der Waals surface area contributed by atoms with Gasteiger partial charge in [0.05, 0.1) is 5.52 Å². The van der Waals surface area contributed by atoms with Gasteiger partial charge in [0.2, 0.25) is 0 Å². The highest BCUT2D eigenvalue weighted by molar-refractivity contribution is 5.91. The van der Waals surface area contributed by atoms with Crippen LogP contribution in [0, 0.1) is 5.92 Å². The van der Waals surface area contributed by atoms with Gasteiger partial charge < -0.3 is 9.88 Å². The number of anilines is 1. The van der Waals surface area contributed by atoms with Crippen LogP contribution in [-0.2, 0) is 7.05 Å². The zero-order valence-corrected chi connectivity index (χ0v) is 12.1. The number of aryl methyl sites for hydroxylation is 1. The molecule has 0 radical (unpaired) electrons. The summed E-state index contributed by atoms with van der Waals surface area (Å²) in [7, 11) is 1.83. The summed E-state index contributed by atoms with van der Waals surface area (Å²) in [4.78, 5) is 12.0. The van der Waals surface area contributed by atoms with Crippen molar-refractivity contribution in [2.75, 3.05) is 11.9 Å². The van der Waals surface area contributed by atoms with Gasteiger partial charge in [-0.25, -0.2) is 0 Å². The molecule has 1 saturated carbocycles. The molecule has 0 saturated heterocycles. The number of aromatic nitrogens is 1. The smallest absolute Gasteiger partial charge is 0.252 e. The van der Waals surface area contributed by atoms with Crippen molar-refractivity contribution >= 4 is 16.6 Å². The van der Waals surface area contributed by atoms with Crippen molar-refractivity contribution in [3.63, 3.8) is 0 Å². The summed E-state index contributed by atoms with van der Waals surface area (Å²) in [5.74, 6) is 0.756. The molecule has 1 N–H and O–H groups in total. The third-order valence-corrected chi connectivity index (χ3v) is 4.46. The zero-order valence-electron chi connectivity index (χ0n) is 12.1. The van der Waals surface area contributed by atoms with Crippen LogP contribution in [0.15, 0.2) is 35.1 Å². The van der Waals surface area contributed by atoms with E-state index in [-0.39, 0.29) is 5.56 Å². The standard InChI is InChI=1S/C17H22N2O/c1-19-16-10-6-5-9-14(16)15(11-17(19)20)18-12-13-7-3-2-4-8-13/h5-6,9-11,13,18H,2-4,7-8,12H2,1H3. The molecule has 0 amide bonds. The fourth-order valence-corrected chi connectivity index (χ4v) is 3.20. The van der Waals surface area contributed by atoms with Crippen LogP contribution in [0.3, 0.4) is 0 Å². The van der Waals surface area contributed by atoms with Gasteiger partial charge in [0.1, 0.15) is 0 Å². The predicted octanol–water partition coefficient (Wildman–Crippen LogP) is 3.53. The predicted molar refractivity (Wildman–Crippen MR) is 84.3 cm³/mol. The Morgan fingerprint density at radius 1 is 1.20 bits per heavy atom. The van der Waals surface area contributed by atoms with E-state index in [1.165, 1.54) is 32.1 Å². The lowest BCUT2D eigenvalue weighted by atomic mass is 9.89. The number of nitrogens with one attached hydrogen (secondary N) is 1. The highest BCUT2D eigenvalue weighted by atomic mass is 16.1. The molecule has 1 heterocycles. The minimum absolute atomic E-state index is 0.0508. The Balaban J connectivity index is 1.87. The highest BCUT2D eigenvalue weighted by Gasteiger charge is 2.14. The number of rotatable bonds is 3. The van der Waals surface area contributed by atoms with E-state index in [1.54, 1.807) is 10.6 Å². The zero-order chi connectivity index (χ0) is 13.9. The minimum Gasteiger partial charge on any atom is -0.384 e. The second-order valence-electron chi connectivity index (χ2n) is 5.86. The summed E-state index contributed by atoms with van der Waals surface area (Å²) < 4.78 is 1.71. The molecular formula is C17H22N2O. The maximum Gasteiger partial charge on any atom is 0.252 e. The lowest BCUT2D eigenvalue weighted by Gasteiger charge is -2.22. The summed E-state index contributed by atoms with van der Waals surface area (Å²) in [5, 5.41) is 4.64. The molecule has 1 aromatic carbocycles. The van der Waals surface area contributed by atoms with Gasteiger partial charge >= 0.3 is 0 Å². The van der Waals surface area contributed by atoms with Gasteiger partial charge in [-0.15, -0.1) is 0 Å². The molecule has 106 valence electrons. The van der Waals surface area contributed by atoms with Crippen LogP contribution in [0.25, 0.3) is 10.9 Å². The van der Waals surface area contributed by atoms with E-state index in [0.717, 1.165) is 29.1 Å². The van der Waals surface area contributed by atoms with Crippen LogP contribution >= 0.6 is 0 Å². The van der Waals surface area contributed by atoms with Gasteiger partial charge in [0, 0.05) is 30.7 Å². The van der Waals surface area contributed by atoms with Gasteiger partial charge in [-0.3, -0.25) is 4.79 Å². The van der Waals surface area contributed by atoms with Crippen LogP contribution < -0.4 is 10.9 Å². The quantitative estimate of drug-likeness (QED) is 0.925. The fraction of sp³-hybridized carbons (Fsp3) is 0.471. The van der Waals surface area contributed by atoms with Crippen LogP contribution in [0.5, 0.6) is 0 Å². The Morgan fingerprint density at radius 2 is 1.95 bits per heavy atom. The van der Waals surface area contributed by atoms with Gasteiger partial charge in [-0.2, -0.15) is 0 Å². The van der Waals surface area contributed by atoms with Crippen LogP contribution in [0.4, 0.5) is 5.69 Å². The van der Waals surface area contributed by atoms with Crippen molar-refractivity contribution in [2.45, 2.75) is 32.1 Å². The largest absolute Gasteiger partial charge is 0.384 e. The Morgan fingerprint density at radius 3 is 2.75 bits per heavy atom. The molecule has 0 aliphatic heterocycles. The normalized spacial score (nSPS) is 16.4. The van der Waals surface area contributed by atoms with E-state index in [9.17, 15) is 4.79 Å². The highest BCUT2D eigenvalue weighted by Crippen LogP contribution is 2.26. The summed E-state index contributed by atoms with van der Waals surface area (Å²) in [6.07, 6.45) is 6.71. The monoisotopic (exact) mass is 270 g/mol. The number of pyridine rings is 1. The molecule has 1 aliphatic carbocycles. The second kappa shape index (κ2) is 5.70. The molecule has 0 atom stereocenters. The first-order valence-electron chi connectivity index (χ1n) is 7.58. The summed E-state index contributed by atoms with van der Waals surface area (Å²) >= 11 is 0. The molecule has 0 bridgehead atoms. The Labute approximate surface area is 119 Å². The van der Waals surface area contributed by atoms with Crippen LogP contribution in [0.2, 0.25) is 0 Å². The van der Waals surface area contributed by atoms with E-state index in [1.807, 2.05) is 25.2 Å². The lowest BCUT2D eigenvalue weighted by Crippen LogP contribution is -2.21. The van der Waals surface area contributed by atoms with E-state index >= 15 is 0 Å². The number of benzene rings is 1. The number of para-hydroxylation sites is 1. The van der Waals surface area contributed by atoms with E-state index in [0.29, 0.717) is 0 Å². The van der Waals surface area contributed by atoms with Gasteiger partial charge in [0.25, 0.3) is 5.56 Å². The average molecular weight is 270 g/mol. The Hall–Kier alpha value is -1.77. The van der Waals surface area contributed by atoms with Crippen molar-refractivity contribution in [3.05, 3.63) is 40.7 Å². The molecule has 1 fully saturated rings. The Kier molecular flexibility index (Phi) is 3.77. The molecule has 20 heavy (non-hydrogen) atoms. The molecule has 2 aromatic rings. The second-order valence-corrected chi connectivity index (χ2v) is 5.86. The average Bonchev–Trinajstić information content (AvgIpc) is 2.50. The van der Waals surface area contributed by atoms with Crippen molar-refractivity contribution < 1.29 is 0 Å². The van der Waals surface area contributed by atoms with Crippen molar-refractivity contribution in [1.29, 1.82) is 0 Å². The van der Waals surface area contributed by atoms with Gasteiger partial charge in [-0.05, 0) is 24.8 Å². The number of fused-ring (bicyclic) bond motifs is 1. The number of hydrogen-bond donors (Lipinski definition) is 1. The van der Waals surface area contributed by atoms with Crippen LogP contribution in [0.1, 0.15) is 32.1 Å². The Bertz CT molecular complexity index is 654. The first-order valence-corrected chi connectivity index (χ1v) is 7.58. The summed E-state index contributed by atoms with van der Waals surface area (Å²) in [6, 6.07) is 9.82. The fourth-order valence-electron chi connectivity index (χ4n) is 3.20. The molecule has 3 nitrogen and oxygen atoms in total. The third-order valence-electron chi connectivity index (χ3n) is 4.46. The molecule has 3 heteroatoms. The molecule has 0 spiro atoms. The van der Waals surface area contributed by atoms with Crippen molar-refractivity contribution in [3.8, 4) is 0 Å². The van der Waals surface area contributed by atoms with E-state index in [2.05, 4.69) is 11.4 Å². The topological polar surface area (TPSA) is 34.0 Å². The van der Waals surface area contributed by atoms with Crippen LogP contribution in [-0.4, -0.2) is 11.1 Å². The number of hydrogen-bond acceptors (Lipinski definition) is 2. The maximum absolute atomic E-state index is 12.0. The summed E-state index contributed by atoms with van der Waals surface area (Å²) in [6.45, 7) is 0.983. The van der Waals surface area contributed by atoms with E-state index in [4.69, 9.17) is 0 Å².